The molecule has 24 heavy (non-hydrogen) atoms. The van der Waals surface area contributed by atoms with Gasteiger partial charge in [0.15, 0.2) is 0 Å². The van der Waals surface area contributed by atoms with Crippen LogP contribution >= 0.6 is 0 Å². The Morgan fingerprint density at radius 2 is 1.96 bits per heavy atom. The third-order valence-corrected chi connectivity index (χ3v) is 4.93. The first kappa shape index (κ1) is 17.0. The van der Waals surface area contributed by atoms with Crippen molar-refractivity contribution < 1.29 is 4.74 Å². The Labute approximate surface area is 145 Å². The number of aryl methyl sites for hydroxylation is 1. The molecule has 1 aromatic carbocycles. The molecule has 3 rings (SSSR count). The second-order valence-electron chi connectivity index (χ2n) is 6.75. The van der Waals surface area contributed by atoms with Gasteiger partial charge in [-0.25, -0.2) is 0 Å². The van der Waals surface area contributed by atoms with Crippen LogP contribution in [0.3, 0.4) is 0 Å². The number of hydrogen-bond donors (Lipinski definition) is 0. The van der Waals surface area contributed by atoms with E-state index in [9.17, 15) is 0 Å². The van der Waals surface area contributed by atoms with Crippen LogP contribution in [0.1, 0.15) is 42.9 Å². The third kappa shape index (κ3) is 3.78. The van der Waals surface area contributed by atoms with Crippen LogP contribution < -0.4 is 4.74 Å². The minimum Gasteiger partial charge on any atom is -0.496 e. The molecule has 0 atom stereocenters. The van der Waals surface area contributed by atoms with Crippen LogP contribution in [0.5, 0.6) is 5.75 Å². The number of rotatable bonds is 6. The van der Waals surface area contributed by atoms with E-state index in [0.717, 1.165) is 36.4 Å². The summed E-state index contributed by atoms with van der Waals surface area (Å²) >= 11 is 0. The number of hydrogen-bond acceptors (Lipinski definition) is 3. The van der Waals surface area contributed by atoms with Gasteiger partial charge in [-0.15, -0.1) is 0 Å². The monoisotopic (exact) mass is 324 g/mol. The molecule has 3 nitrogen and oxygen atoms in total. The highest BCUT2D eigenvalue weighted by molar-refractivity contribution is 5.65. The topological polar surface area (TPSA) is 25.4 Å². The molecule has 0 radical (unpaired) electrons. The molecule has 0 N–H and O–H groups in total. The molecule has 1 fully saturated rings. The van der Waals surface area contributed by atoms with Crippen LogP contribution in [0.25, 0.3) is 11.3 Å². The van der Waals surface area contributed by atoms with Crippen molar-refractivity contribution in [3.63, 3.8) is 0 Å². The van der Waals surface area contributed by atoms with Crippen LogP contribution in [-0.4, -0.2) is 30.1 Å². The van der Waals surface area contributed by atoms with Crippen molar-refractivity contribution >= 4 is 0 Å². The number of likely N-dealkylation sites (tertiary alicyclic amines) is 1. The molecule has 1 aliphatic rings. The van der Waals surface area contributed by atoms with Gasteiger partial charge in [-0.1, -0.05) is 13.3 Å². The predicted molar refractivity (Wildman–Crippen MR) is 99.5 cm³/mol. The van der Waals surface area contributed by atoms with E-state index < -0.39 is 0 Å². The SMILES string of the molecule is CCCc1cc(-c2cc(CN3CCCC3)ccn2)cc(OC)c1C. The second-order valence-corrected chi connectivity index (χ2v) is 6.75. The molecule has 0 bridgehead atoms. The number of benzene rings is 1. The van der Waals surface area contributed by atoms with E-state index in [1.165, 1.54) is 42.6 Å². The fourth-order valence-corrected chi connectivity index (χ4v) is 3.56. The van der Waals surface area contributed by atoms with E-state index in [1.807, 2.05) is 6.20 Å². The van der Waals surface area contributed by atoms with Crippen molar-refractivity contribution in [2.24, 2.45) is 0 Å². The van der Waals surface area contributed by atoms with Crippen molar-refractivity contribution in [2.75, 3.05) is 20.2 Å². The summed E-state index contributed by atoms with van der Waals surface area (Å²) in [5, 5.41) is 0. The number of nitrogens with zero attached hydrogens (tertiary/aromatic N) is 2. The molecule has 3 heteroatoms. The van der Waals surface area contributed by atoms with Crippen molar-refractivity contribution in [2.45, 2.75) is 46.1 Å². The Hall–Kier alpha value is -1.87. The highest BCUT2D eigenvalue weighted by atomic mass is 16.5. The van der Waals surface area contributed by atoms with Crippen molar-refractivity contribution in [3.05, 3.63) is 47.2 Å². The fourth-order valence-electron chi connectivity index (χ4n) is 3.56. The Balaban J connectivity index is 1.91. The molecule has 1 aromatic heterocycles. The Bertz CT molecular complexity index is 690. The normalized spacial score (nSPS) is 15.0. The molecule has 2 aromatic rings. The van der Waals surface area contributed by atoms with Gasteiger partial charge in [0, 0.05) is 18.3 Å². The quantitative estimate of drug-likeness (QED) is 0.775. The molecule has 0 amide bonds. The van der Waals surface area contributed by atoms with Crippen LogP contribution in [0.4, 0.5) is 0 Å². The number of pyridine rings is 1. The summed E-state index contributed by atoms with van der Waals surface area (Å²) in [6.07, 6.45) is 6.80. The van der Waals surface area contributed by atoms with E-state index in [1.54, 1.807) is 7.11 Å². The molecular formula is C21H28N2O. The first-order valence-corrected chi connectivity index (χ1v) is 9.06. The summed E-state index contributed by atoms with van der Waals surface area (Å²) in [6, 6.07) is 8.78. The van der Waals surface area contributed by atoms with Crippen LogP contribution in [0.15, 0.2) is 30.5 Å². The van der Waals surface area contributed by atoms with E-state index >= 15 is 0 Å². The summed E-state index contributed by atoms with van der Waals surface area (Å²) in [4.78, 5) is 7.14. The van der Waals surface area contributed by atoms with Gasteiger partial charge in [-0.2, -0.15) is 0 Å². The molecule has 0 saturated carbocycles. The lowest BCUT2D eigenvalue weighted by molar-refractivity contribution is 0.331. The predicted octanol–water partition coefficient (Wildman–Crippen LogP) is 4.61. The van der Waals surface area contributed by atoms with Crippen molar-refractivity contribution in [1.29, 1.82) is 0 Å². The van der Waals surface area contributed by atoms with E-state index in [2.05, 4.69) is 48.0 Å². The fraction of sp³-hybridized carbons (Fsp3) is 0.476. The molecule has 0 spiro atoms. The minimum atomic E-state index is 0.961. The maximum Gasteiger partial charge on any atom is 0.122 e. The molecule has 128 valence electrons. The summed E-state index contributed by atoms with van der Waals surface area (Å²) in [5.74, 6) is 0.961. The molecule has 0 unspecified atom stereocenters. The molecule has 1 saturated heterocycles. The molecular weight excluding hydrogens is 296 g/mol. The summed E-state index contributed by atoms with van der Waals surface area (Å²) in [5.41, 5.74) is 6.15. The lowest BCUT2D eigenvalue weighted by Gasteiger charge is -2.16. The highest BCUT2D eigenvalue weighted by Crippen LogP contribution is 2.30. The summed E-state index contributed by atoms with van der Waals surface area (Å²) < 4.78 is 5.60. The van der Waals surface area contributed by atoms with Gasteiger partial charge in [-0.3, -0.25) is 9.88 Å². The molecule has 0 aliphatic carbocycles. The van der Waals surface area contributed by atoms with E-state index in [-0.39, 0.29) is 0 Å². The van der Waals surface area contributed by atoms with E-state index in [0.29, 0.717) is 0 Å². The van der Waals surface area contributed by atoms with Gasteiger partial charge in [0.2, 0.25) is 0 Å². The second kappa shape index (κ2) is 7.80. The number of aromatic nitrogens is 1. The van der Waals surface area contributed by atoms with Gasteiger partial charge in [0.05, 0.1) is 12.8 Å². The zero-order chi connectivity index (χ0) is 16.9. The van der Waals surface area contributed by atoms with Gasteiger partial charge in [-0.05, 0) is 80.2 Å². The number of methoxy groups -OCH3 is 1. The number of ether oxygens (including phenoxy) is 1. The Kier molecular flexibility index (Phi) is 5.52. The minimum absolute atomic E-state index is 0.961. The first-order chi connectivity index (χ1) is 11.7. The first-order valence-electron chi connectivity index (χ1n) is 9.06. The zero-order valence-electron chi connectivity index (χ0n) is 15.1. The van der Waals surface area contributed by atoms with Crippen LogP contribution in [0, 0.1) is 6.92 Å². The lowest BCUT2D eigenvalue weighted by atomic mass is 9.98. The largest absolute Gasteiger partial charge is 0.496 e. The van der Waals surface area contributed by atoms with Crippen LogP contribution in [-0.2, 0) is 13.0 Å². The van der Waals surface area contributed by atoms with Gasteiger partial charge >= 0.3 is 0 Å². The average Bonchev–Trinajstić information content (AvgIpc) is 3.10. The van der Waals surface area contributed by atoms with Gasteiger partial charge in [0.1, 0.15) is 5.75 Å². The maximum absolute atomic E-state index is 5.60. The van der Waals surface area contributed by atoms with Crippen molar-refractivity contribution in [3.8, 4) is 17.0 Å². The molecule has 1 aliphatic heterocycles. The average molecular weight is 324 g/mol. The smallest absolute Gasteiger partial charge is 0.122 e. The lowest BCUT2D eigenvalue weighted by Crippen LogP contribution is -2.18. The highest BCUT2D eigenvalue weighted by Gasteiger charge is 2.13. The molecule has 2 heterocycles. The summed E-state index contributed by atoms with van der Waals surface area (Å²) in [7, 11) is 1.75. The van der Waals surface area contributed by atoms with Gasteiger partial charge < -0.3 is 4.74 Å². The third-order valence-electron chi connectivity index (χ3n) is 4.93. The Morgan fingerprint density at radius 3 is 2.67 bits per heavy atom. The zero-order valence-corrected chi connectivity index (χ0v) is 15.1. The van der Waals surface area contributed by atoms with Crippen LogP contribution in [0.2, 0.25) is 0 Å². The van der Waals surface area contributed by atoms with Gasteiger partial charge in [0.25, 0.3) is 0 Å². The maximum atomic E-state index is 5.60. The standard InChI is InChI=1S/C21H28N2O/c1-4-7-18-13-19(14-21(24-3)16(18)2)20-12-17(8-9-22-20)15-23-10-5-6-11-23/h8-9,12-14H,4-7,10-11,15H2,1-3H3. The van der Waals surface area contributed by atoms with E-state index in [4.69, 9.17) is 4.74 Å². The van der Waals surface area contributed by atoms with Crippen molar-refractivity contribution in [1.82, 2.24) is 9.88 Å². The summed E-state index contributed by atoms with van der Waals surface area (Å²) in [6.45, 7) is 7.83. The Morgan fingerprint density at radius 1 is 1.17 bits per heavy atom.